The molecule has 2 heterocycles. The number of ether oxygens (including phenoxy) is 1. The van der Waals surface area contributed by atoms with Crippen LogP contribution in [0.1, 0.15) is 49.4 Å². The van der Waals surface area contributed by atoms with Gasteiger partial charge in [0.25, 0.3) is 0 Å². The van der Waals surface area contributed by atoms with Gasteiger partial charge in [-0.15, -0.1) is 0 Å². The van der Waals surface area contributed by atoms with Crippen molar-refractivity contribution < 1.29 is 9.53 Å². The molecule has 1 aliphatic carbocycles. The van der Waals surface area contributed by atoms with Crippen LogP contribution in [-0.4, -0.2) is 21.4 Å². The second kappa shape index (κ2) is 6.10. The minimum atomic E-state index is -0.203. The molecule has 1 spiro atoms. The molecular weight excluding hydrogens is 316 g/mol. The lowest BCUT2D eigenvalue weighted by Crippen LogP contribution is -2.44. The highest BCUT2D eigenvalue weighted by Gasteiger charge is 2.43. The van der Waals surface area contributed by atoms with Crippen LogP contribution in [0.2, 0.25) is 0 Å². The van der Waals surface area contributed by atoms with E-state index in [-0.39, 0.29) is 17.7 Å². The molecule has 25 heavy (non-hydrogen) atoms. The number of rotatable bonds is 2. The SMILES string of the molecule is Cc1nn(C)cc1NC(=O)N[C@H]1CC2(CCCC2)Oc2ccccc21. The number of carbonyl (C=O) groups is 1. The smallest absolute Gasteiger partial charge is 0.319 e. The van der Waals surface area contributed by atoms with Gasteiger partial charge < -0.3 is 15.4 Å². The quantitative estimate of drug-likeness (QED) is 0.876. The van der Waals surface area contributed by atoms with Crippen molar-refractivity contribution in [1.82, 2.24) is 15.1 Å². The van der Waals surface area contributed by atoms with Crippen LogP contribution >= 0.6 is 0 Å². The molecule has 0 unspecified atom stereocenters. The molecule has 1 atom stereocenters. The summed E-state index contributed by atoms with van der Waals surface area (Å²) in [4.78, 5) is 12.6. The van der Waals surface area contributed by atoms with Gasteiger partial charge >= 0.3 is 6.03 Å². The molecule has 2 aromatic rings. The second-order valence-electron chi connectivity index (χ2n) is 7.19. The number of aryl methyl sites for hydroxylation is 2. The number of urea groups is 1. The zero-order valence-electron chi connectivity index (χ0n) is 14.7. The van der Waals surface area contributed by atoms with Crippen LogP contribution in [0.15, 0.2) is 30.5 Å². The number of para-hydroxylation sites is 1. The van der Waals surface area contributed by atoms with Crippen molar-refractivity contribution in [3.05, 3.63) is 41.7 Å². The average molecular weight is 340 g/mol. The van der Waals surface area contributed by atoms with Crippen molar-refractivity contribution in [3.8, 4) is 5.75 Å². The first-order valence-electron chi connectivity index (χ1n) is 8.90. The Labute approximate surface area is 147 Å². The van der Waals surface area contributed by atoms with E-state index in [1.54, 1.807) is 4.68 Å². The molecule has 132 valence electrons. The first-order valence-corrected chi connectivity index (χ1v) is 8.90. The third-order valence-corrected chi connectivity index (χ3v) is 5.28. The van der Waals surface area contributed by atoms with E-state index in [0.717, 1.165) is 42.0 Å². The van der Waals surface area contributed by atoms with E-state index in [4.69, 9.17) is 4.74 Å². The maximum Gasteiger partial charge on any atom is 0.319 e. The van der Waals surface area contributed by atoms with Crippen LogP contribution in [-0.2, 0) is 7.05 Å². The van der Waals surface area contributed by atoms with E-state index in [1.807, 2.05) is 44.4 Å². The van der Waals surface area contributed by atoms with Crippen LogP contribution in [0.25, 0.3) is 0 Å². The zero-order valence-corrected chi connectivity index (χ0v) is 14.7. The van der Waals surface area contributed by atoms with Crippen molar-refractivity contribution in [2.75, 3.05) is 5.32 Å². The minimum Gasteiger partial charge on any atom is -0.487 e. The standard InChI is InChI=1S/C19H24N4O2/c1-13-16(12-23(2)22-13)21-18(24)20-15-11-19(9-5-6-10-19)25-17-8-4-3-7-14(15)17/h3-4,7-8,12,15H,5-6,9-11H2,1-2H3,(H2,20,21,24)/t15-/m0/s1. The molecule has 4 rings (SSSR count). The topological polar surface area (TPSA) is 68.2 Å². The molecule has 6 nitrogen and oxygen atoms in total. The fraction of sp³-hybridized carbons (Fsp3) is 0.474. The van der Waals surface area contributed by atoms with Gasteiger partial charge in [0.05, 0.1) is 17.4 Å². The molecule has 0 bridgehead atoms. The lowest BCUT2D eigenvalue weighted by molar-refractivity contribution is 0.0388. The van der Waals surface area contributed by atoms with Crippen molar-refractivity contribution in [1.29, 1.82) is 0 Å². The van der Waals surface area contributed by atoms with Crippen molar-refractivity contribution in [3.63, 3.8) is 0 Å². The van der Waals surface area contributed by atoms with Gasteiger partial charge in [-0.1, -0.05) is 18.2 Å². The molecule has 1 aromatic carbocycles. The predicted molar refractivity (Wildman–Crippen MR) is 95.7 cm³/mol. The first kappa shape index (κ1) is 16.0. The number of nitrogens with zero attached hydrogens (tertiary/aromatic N) is 2. The summed E-state index contributed by atoms with van der Waals surface area (Å²) in [6.07, 6.45) is 7.13. The number of fused-ring (bicyclic) bond motifs is 1. The Kier molecular flexibility index (Phi) is 3.90. The zero-order chi connectivity index (χ0) is 17.4. The van der Waals surface area contributed by atoms with E-state index in [0.29, 0.717) is 0 Å². The highest BCUT2D eigenvalue weighted by atomic mass is 16.5. The number of amides is 2. The Hall–Kier alpha value is -2.50. The number of benzene rings is 1. The number of aromatic nitrogens is 2. The largest absolute Gasteiger partial charge is 0.487 e. The Morgan fingerprint density at radius 1 is 1.32 bits per heavy atom. The summed E-state index contributed by atoms with van der Waals surface area (Å²) in [5.74, 6) is 0.901. The third-order valence-electron chi connectivity index (χ3n) is 5.28. The van der Waals surface area contributed by atoms with Gasteiger partial charge in [-0.05, 0) is 38.7 Å². The van der Waals surface area contributed by atoms with Crippen LogP contribution in [0, 0.1) is 6.92 Å². The number of hydrogen-bond donors (Lipinski definition) is 2. The first-order chi connectivity index (χ1) is 12.0. The van der Waals surface area contributed by atoms with Crippen molar-refractivity contribution in [2.45, 2.75) is 50.7 Å². The number of anilines is 1. The Balaban J connectivity index is 1.54. The summed E-state index contributed by atoms with van der Waals surface area (Å²) in [6.45, 7) is 1.88. The van der Waals surface area contributed by atoms with Crippen LogP contribution < -0.4 is 15.4 Å². The summed E-state index contributed by atoms with van der Waals surface area (Å²) >= 11 is 0. The van der Waals surface area contributed by atoms with Crippen molar-refractivity contribution in [2.24, 2.45) is 7.05 Å². The van der Waals surface area contributed by atoms with Gasteiger partial charge in [-0.3, -0.25) is 4.68 Å². The van der Waals surface area contributed by atoms with Crippen LogP contribution in [0.5, 0.6) is 5.75 Å². The second-order valence-corrected chi connectivity index (χ2v) is 7.19. The molecule has 1 aromatic heterocycles. The van der Waals surface area contributed by atoms with Gasteiger partial charge in [0.15, 0.2) is 0 Å². The minimum absolute atomic E-state index is 0.0416. The summed E-state index contributed by atoms with van der Waals surface area (Å²) in [5, 5.41) is 10.3. The molecule has 2 aliphatic rings. The third kappa shape index (κ3) is 3.08. The summed E-state index contributed by atoms with van der Waals surface area (Å²) in [6, 6.07) is 7.78. The number of nitrogens with one attached hydrogen (secondary N) is 2. The Bertz CT molecular complexity index is 792. The number of hydrogen-bond acceptors (Lipinski definition) is 3. The molecule has 2 amide bonds. The van der Waals surface area contributed by atoms with E-state index >= 15 is 0 Å². The fourth-order valence-corrected chi connectivity index (χ4v) is 4.11. The highest BCUT2D eigenvalue weighted by Crippen LogP contribution is 2.46. The average Bonchev–Trinajstić information content (AvgIpc) is 3.14. The summed E-state index contributed by atoms with van der Waals surface area (Å²) < 4.78 is 8.04. The monoisotopic (exact) mass is 340 g/mol. The van der Waals surface area contributed by atoms with E-state index < -0.39 is 0 Å². The molecular formula is C19H24N4O2. The Morgan fingerprint density at radius 3 is 2.80 bits per heavy atom. The van der Waals surface area contributed by atoms with E-state index in [9.17, 15) is 4.79 Å². The lowest BCUT2D eigenvalue weighted by Gasteiger charge is -2.40. The predicted octanol–water partition coefficient (Wildman–Crippen LogP) is 3.69. The molecule has 1 aliphatic heterocycles. The van der Waals surface area contributed by atoms with Crippen LogP contribution in [0.4, 0.5) is 10.5 Å². The Morgan fingerprint density at radius 2 is 2.08 bits per heavy atom. The highest BCUT2D eigenvalue weighted by molar-refractivity contribution is 5.90. The lowest BCUT2D eigenvalue weighted by atomic mass is 9.86. The normalized spacial score (nSPS) is 20.8. The molecule has 6 heteroatoms. The van der Waals surface area contributed by atoms with E-state index in [1.165, 1.54) is 12.8 Å². The van der Waals surface area contributed by atoms with Gasteiger partial charge in [0.2, 0.25) is 0 Å². The summed E-state index contributed by atoms with van der Waals surface area (Å²) in [5.41, 5.74) is 2.46. The maximum absolute atomic E-state index is 12.6. The molecule has 2 N–H and O–H groups in total. The maximum atomic E-state index is 12.6. The van der Waals surface area contributed by atoms with Gasteiger partial charge in [0, 0.05) is 25.2 Å². The molecule has 1 saturated carbocycles. The summed E-state index contributed by atoms with van der Waals surface area (Å²) in [7, 11) is 1.84. The molecule has 1 fully saturated rings. The molecule has 0 saturated heterocycles. The van der Waals surface area contributed by atoms with E-state index in [2.05, 4.69) is 15.7 Å². The van der Waals surface area contributed by atoms with Gasteiger partial charge in [-0.25, -0.2) is 4.79 Å². The van der Waals surface area contributed by atoms with Gasteiger partial charge in [-0.2, -0.15) is 5.10 Å². The van der Waals surface area contributed by atoms with Crippen LogP contribution in [0.3, 0.4) is 0 Å². The fourth-order valence-electron chi connectivity index (χ4n) is 4.11. The van der Waals surface area contributed by atoms with Gasteiger partial charge in [0.1, 0.15) is 11.4 Å². The molecule has 0 radical (unpaired) electrons. The van der Waals surface area contributed by atoms with Crippen molar-refractivity contribution >= 4 is 11.7 Å². The number of carbonyl (C=O) groups excluding carboxylic acids is 1.